The number of aryl methyl sites for hydroxylation is 1. The summed E-state index contributed by atoms with van der Waals surface area (Å²) in [6, 6.07) is 5.30. The van der Waals surface area contributed by atoms with Gasteiger partial charge in [0.1, 0.15) is 5.75 Å². The molecule has 0 bridgehead atoms. The minimum Gasteiger partial charge on any atom is -0.340 e. The van der Waals surface area contributed by atoms with Crippen LogP contribution in [0.4, 0.5) is 5.69 Å². The van der Waals surface area contributed by atoms with Gasteiger partial charge in [-0.25, -0.2) is 8.42 Å². The monoisotopic (exact) mass is 341 g/mol. The molecule has 2 heterocycles. The Kier molecular flexibility index (Phi) is 3.45. The van der Waals surface area contributed by atoms with Crippen molar-refractivity contribution in [3.8, 4) is 0 Å². The molecule has 0 fully saturated rings. The van der Waals surface area contributed by atoms with Crippen molar-refractivity contribution >= 4 is 27.3 Å². The van der Waals surface area contributed by atoms with Crippen LogP contribution in [-0.4, -0.2) is 25.1 Å². The maximum atomic E-state index is 12.7. The van der Waals surface area contributed by atoms with E-state index >= 15 is 0 Å². The first-order valence-electron chi connectivity index (χ1n) is 6.79. The zero-order valence-electron chi connectivity index (χ0n) is 12.5. The third kappa shape index (κ3) is 2.48. The van der Waals surface area contributed by atoms with Crippen molar-refractivity contribution in [1.29, 1.82) is 0 Å². The number of sulfonamides is 1. The number of benzene rings is 1. The number of halogens is 1. The molecule has 0 atom stereocenters. The second-order valence-electron chi connectivity index (χ2n) is 6.01. The van der Waals surface area contributed by atoms with Crippen molar-refractivity contribution in [3.63, 3.8) is 0 Å². The number of rotatable bonds is 3. The molecule has 22 heavy (non-hydrogen) atoms. The molecule has 0 amide bonds. The largest absolute Gasteiger partial charge is 0.340 e. The van der Waals surface area contributed by atoms with Crippen LogP contribution < -0.4 is 4.31 Å². The summed E-state index contributed by atoms with van der Waals surface area (Å²) < 4.78 is 31.7. The maximum absolute atomic E-state index is 12.7. The first-order valence-corrected chi connectivity index (χ1v) is 8.78. The Morgan fingerprint density at radius 2 is 2.14 bits per heavy atom. The Morgan fingerprint density at radius 1 is 1.41 bits per heavy atom. The highest BCUT2D eigenvalue weighted by Crippen LogP contribution is 2.45. The smallest absolute Gasteiger partial charge is 0.242 e. The van der Waals surface area contributed by atoms with Crippen LogP contribution in [-0.2, 0) is 21.2 Å². The molecule has 0 spiro atoms. The first-order chi connectivity index (χ1) is 10.2. The fraction of sp³-hybridized carbons (Fsp3) is 0.429. The molecule has 8 heteroatoms. The Labute approximate surface area is 134 Å². The second-order valence-corrected chi connectivity index (χ2v) is 8.31. The normalized spacial score (nSPS) is 16.8. The molecule has 1 aromatic heterocycles. The lowest BCUT2D eigenvalue weighted by Gasteiger charge is -2.21. The molecule has 0 saturated carbocycles. The minimum absolute atomic E-state index is 0.158. The van der Waals surface area contributed by atoms with E-state index in [2.05, 4.69) is 10.1 Å². The van der Waals surface area contributed by atoms with Crippen LogP contribution in [0.2, 0.25) is 5.02 Å². The number of hydrogen-bond acceptors (Lipinski definition) is 5. The lowest BCUT2D eigenvalue weighted by molar-refractivity contribution is 0.388. The van der Waals surface area contributed by atoms with Crippen LogP contribution in [0.5, 0.6) is 0 Å². The van der Waals surface area contributed by atoms with Gasteiger partial charge in [-0.15, -0.1) is 0 Å². The van der Waals surface area contributed by atoms with E-state index in [1.54, 1.807) is 25.1 Å². The van der Waals surface area contributed by atoms with Crippen LogP contribution in [0.15, 0.2) is 22.7 Å². The van der Waals surface area contributed by atoms with E-state index in [-0.39, 0.29) is 17.0 Å². The van der Waals surface area contributed by atoms with Crippen LogP contribution in [0.1, 0.15) is 31.1 Å². The van der Waals surface area contributed by atoms with E-state index in [0.717, 1.165) is 5.56 Å². The van der Waals surface area contributed by atoms with Gasteiger partial charge in [0.15, 0.2) is 5.82 Å². The first kappa shape index (κ1) is 15.3. The summed E-state index contributed by atoms with van der Waals surface area (Å²) in [6.45, 7) is 5.92. The summed E-state index contributed by atoms with van der Waals surface area (Å²) >= 11 is 6.27. The minimum atomic E-state index is -3.61. The molecule has 0 aliphatic carbocycles. The van der Waals surface area contributed by atoms with Gasteiger partial charge in [0, 0.05) is 29.5 Å². The average molecular weight is 342 g/mol. The van der Waals surface area contributed by atoms with Crippen LogP contribution in [0.3, 0.4) is 0 Å². The standard InChI is InChI=1S/C14H16ClN3O3S/c1-9-16-12(17-21-9)7-22(19,20)18-8-14(2,3)13-10(15)5-4-6-11(13)18/h4-6H,7-8H2,1-3H3. The third-order valence-electron chi connectivity index (χ3n) is 3.69. The number of fused-ring (bicyclic) bond motifs is 1. The number of aromatic nitrogens is 2. The average Bonchev–Trinajstić information content (AvgIpc) is 2.92. The van der Waals surface area contributed by atoms with E-state index in [1.807, 2.05) is 13.8 Å². The van der Waals surface area contributed by atoms with Gasteiger partial charge in [-0.1, -0.05) is 36.7 Å². The van der Waals surface area contributed by atoms with Gasteiger partial charge in [0.2, 0.25) is 15.9 Å². The molecule has 6 nitrogen and oxygen atoms in total. The molecule has 1 aliphatic rings. The van der Waals surface area contributed by atoms with E-state index in [0.29, 0.717) is 23.1 Å². The number of anilines is 1. The molecule has 0 radical (unpaired) electrons. The van der Waals surface area contributed by atoms with E-state index in [4.69, 9.17) is 16.1 Å². The zero-order chi connectivity index (χ0) is 16.1. The van der Waals surface area contributed by atoms with Crippen molar-refractivity contribution < 1.29 is 12.9 Å². The lowest BCUT2D eigenvalue weighted by Crippen LogP contribution is -2.35. The number of hydrogen-bond donors (Lipinski definition) is 0. The highest BCUT2D eigenvalue weighted by atomic mass is 35.5. The number of nitrogens with zero attached hydrogens (tertiary/aromatic N) is 3. The summed E-state index contributed by atoms with van der Waals surface area (Å²) in [6.07, 6.45) is 0. The summed E-state index contributed by atoms with van der Waals surface area (Å²) in [7, 11) is -3.61. The summed E-state index contributed by atoms with van der Waals surface area (Å²) in [5.41, 5.74) is 1.12. The second kappa shape index (κ2) is 4.96. The fourth-order valence-electron chi connectivity index (χ4n) is 2.80. The van der Waals surface area contributed by atoms with Crippen LogP contribution in [0.25, 0.3) is 0 Å². The van der Waals surface area contributed by atoms with Gasteiger partial charge < -0.3 is 4.52 Å². The topological polar surface area (TPSA) is 76.3 Å². The van der Waals surface area contributed by atoms with Crippen molar-refractivity contribution in [3.05, 3.63) is 40.5 Å². The summed E-state index contributed by atoms with van der Waals surface area (Å²) in [4.78, 5) is 3.97. The molecule has 0 saturated heterocycles. The Hall–Kier alpha value is -1.60. The Balaban J connectivity index is 2.02. The highest BCUT2D eigenvalue weighted by Gasteiger charge is 2.42. The third-order valence-corrected chi connectivity index (χ3v) is 5.63. The van der Waals surface area contributed by atoms with Crippen molar-refractivity contribution in [2.75, 3.05) is 10.8 Å². The summed E-state index contributed by atoms with van der Waals surface area (Å²) in [5.74, 6) is 0.202. The van der Waals surface area contributed by atoms with Crippen LogP contribution >= 0.6 is 11.6 Å². The van der Waals surface area contributed by atoms with Crippen molar-refractivity contribution in [2.24, 2.45) is 0 Å². The molecular weight excluding hydrogens is 326 g/mol. The van der Waals surface area contributed by atoms with Gasteiger partial charge in [-0.3, -0.25) is 4.31 Å². The predicted molar refractivity (Wildman–Crippen MR) is 83.5 cm³/mol. The van der Waals surface area contributed by atoms with Gasteiger partial charge in [-0.05, 0) is 12.1 Å². The van der Waals surface area contributed by atoms with E-state index in [1.165, 1.54) is 4.31 Å². The Morgan fingerprint density at radius 3 is 2.77 bits per heavy atom. The van der Waals surface area contributed by atoms with Crippen molar-refractivity contribution in [2.45, 2.75) is 31.9 Å². The molecule has 1 aromatic carbocycles. The maximum Gasteiger partial charge on any atom is 0.242 e. The quantitative estimate of drug-likeness (QED) is 0.857. The fourth-order valence-corrected chi connectivity index (χ4v) is 4.80. The molecule has 2 aromatic rings. The van der Waals surface area contributed by atoms with Crippen LogP contribution in [0, 0.1) is 6.92 Å². The van der Waals surface area contributed by atoms with Crippen molar-refractivity contribution in [1.82, 2.24) is 10.1 Å². The Bertz CT molecular complexity index is 830. The predicted octanol–water partition coefficient (Wildman–Crippen LogP) is 2.66. The van der Waals surface area contributed by atoms with Gasteiger partial charge in [-0.2, -0.15) is 4.98 Å². The van der Waals surface area contributed by atoms with E-state index < -0.39 is 10.0 Å². The molecule has 1 aliphatic heterocycles. The van der Waals surface area contributed by atoms with Gasteiger partial charge >= 0.3 is 0 Å². The molecule has 118 valence electrons. The molecular formula is C14H16ClN3O3S. The molecule has 0 unspecified atom stereocenters. The van der Waals surface area contributed by atoms with Gasteiger partial charge in [0.05, 0.1) is 5.69 Å². The lowest BCUT2D eigenvalue weighted by atomic mass is 9.87. The highest BCUT2D eigenvalue weighted by molar-refractivity contribution is 7.92. The zero-order valence-corrected chi connectivity index (χ0v) is 14.1. The van der Waals surface area contributed by atoms with Gasteiger partial charge in [0.25, 0.3) is 0 Å². The summed E-state index contributed by atoms with van der Waals surface area (Å²) in [5, 5.41) is 4.24. The molecule has 3 rings (SSSR count). The molecule has 0 N–H and O–H groups in total. The van der Waals surface area contributed by atoms with E-state index in [9.17, 15) is 8.42 Å². The SMILES string of the molecule is Cc1nc(CS(=O)(=O)N2CC(C)(C)c3c(Cl)cccc32)no1.